The minimum atomic E-state index is -0.418. The second kappa shape index (κ2) is 1.78. The fourth-order valence-electron chi connectivity index (χ4n) is 1.18. The molecule has 2 aliphatic rings. The summed E-state index contributed by atoms with van der Waals surface area (Å²) in [7, 11) is 0. The van der Waals surface area contributed by atoms with Gasteiger partial charge in [0.2, 0.25) is 5.91 Å². The Balaban J connectivity index is 2.48. The number of carbonyl (C=O) groups excluding carboxylic acids is 1. The van der Waals surface area contributed by atoms with Crippen LogP contribution in [-0.2, 0) is 4.79 Å². The molecule has 0 fully saturated rings. The lowest BCUT2D eigenvalue weighted by Crippen LogP contribution is -2.44. The number of nitrogens with one attached hydrogen (secondary N) is 1. The van der Waals surface area contributed by atoms with Gasteiger partial charge >= 0.3 is 0 Å². The van der Waals surface area contributed by atoms with Gasteiger partial charge in [0.15, 0.2) is 0 Å². The SMILES string of the molecule is CC12C=NN=CC1=CC(=O)N2. The lowest BCUT2D eigenvalue weighted by Gasteiger charge is -2.21. The highest BCUT2D eigenvalue weighted by molar-refractivity contribution is 6.08. The van der Waals surface area contributed by atoms with Crippen LogP contribution in [0.5, 0.6) is 0 Å². The summed E-state index contributed by atoms with van der Waals surface area (Å²) in [4.78, 5) is 10.9. The van der Waals surface area contributed by atoms with E-state index >= 15 is 0 Å². The molecule has 0 saturated carbocycles. The van der Waals surface area contributed by atoms with E-state index in [0.29, 0.717) is 0 Å². The summed E-state index contributed by atoms with van der Waals surface area (Å²) in [6.07, 6.45) is 4.76. The lowest BCUT2D eigenvalue weighted by atomic mass is 9.96. The quantitative estimate of drug-likeness (QED) is 0.512. The van der Waals surface area contributed by atoms with Gasteiger partial charge in [0.05, 0.1) is 12.4 Å². The summed E-state index contributed by atoms with van der Waals surface area (Å²) in [6, 6.07) is 0. The number of nitrogens with zero attached hydrogens (tertiary/aromatic N) is 2. The zero-order valence-electron chi connectivity index (χ0n) is 6.03. The monoisotopic (exact) mass is 149 g/mol. The fraction of sp³-hybridized carbons (Fsp3) is 0.286. The van der Waals surface area contributed by atoms with Crippen molar-refractivity contribution in [2.45, 2.75) is 12.5 Å². The molecule has 2 aliphatic heterocycles. The molecule has 1 unspecified atom stereocenters. The first-order valence-electron chi connectivity index (χ1n) is 3.33. The number of hydrogen-bond acceptors (Lipinski definition) is 3. The number of rotatable bonds is 0. The van der Waals surface area contributed by atoms with Crippen LogP contribution in [0, 0.1) is 0 Å². The molecule has 11 heavy (non-hydrogen) atoms. The van der Waals surface area contributed by atoms with Crippen LogP contribution in [0.2, 0.25) is 0 Å². The zero-order chi connectivity index (χ0) is 7.90. The van der Waals surface area contributed by atoms with E-state index in [1.54, 1.807) is 12.4 Å². The van der Waals surface area contributed by atoms with Gasteiger partial charge < -0.3 is 5.32 Å². The third kappa shape index (κ3) is 0.790. The van der Waals surface area contributed by atoms with Crippen LogP contribution >= 0.6 is 0 Å². The molecule has 4 heteroatoms. The van der Waals surface area contributed by atoms with Gasteiger partial charge in [-0.25, -0.2) is 0 Å². The summed E-state index contributed by atoms with van der Waals surface area (Å²) < 4.78 is 0. The van der Waals surface area contributed by atoms with Crippen molar-refractivity contribution in [1.82, 2.24) is 5.32 Å². The minimum absolute atomic E-state index is 0.0812. The van der Waals surface area contributed by atoms with Crippen LogP contribution in [0.3, 0.4) is 0 Å². The first-order chi connectivity index (χ1) is 5.21. The maximum Gasteiger partial charge on any atom is 0.245 e. The molecule has 4 nitrogen and oxygen atoms in total. The standard InChI is InChI=1S/C7H7N3O/c1-7-4-9-8-3-5(7)2-6(11)10-7/h2-4H,1H3,(H,10,11). The first-order valence-corrected chi connectivity index (χ1v) is 3.33. The molecule has 0 aliphatic carbocycles. The molecule has 1 atom stereocenters. The Bertz CT molecular complexity index is 303. The summed E-state index contributed by atoms with van der Waals surface area (Å²) in [6.45, 7) is 1.89. The highest BCUT2D eigenvalue weighted by Crippen LogP contribution is 2.20. The molecule has 0 aromatic heterocycles. The second-order valence-electron chi connectivity index (χ2n) is 2.78. The van der Waals surface area contributed by atoms with Crippen molar-refractivity contribution >= 4 is 18.3 Å². The van der Waals surface area contributed by atoms with Crippen molar-refractivity contribution in [2.75, 3.05) is 0 Å². The third-order valence-corrected chi connectivity index (χ3v) is 1.85. The van der Waals surface area contributed by atoms with E-state index in [1.165, 1.54) is 6.08 Å². The predicted octanol–water partition coefficient (Wildman–Crippen LogP) is -0.129. The van der Waals surface area contributed by atoms with E-state index in [0.717, 1.165) is 5.57 Å². The van der Waals surface area contributed by atoms with Crippen molar-refractivity contribution in [2.24, 2.45) is 10.2 Å². The van der Waals surface area contributed by atoms with Crippen molar-refractivity contribution < 1.29 is 4.79 Å². The van der Waals surface area contributed by atoms with Crippen molar-refractivity contribution in [3.63, 3.8) is 0 Å². The maximum atomic E-state index is 10.9. The van der Waals surface area contributed by atoms with Gasteiger partial charge in [0.1, 0.15) is 5.54 Å². The molecule has 1 amide bonds. The van der Waals surface area contributed by atoms with Crippen LogP contribution < -0.4 is 5.32 Å². The summed E-state index contributed by atoms with van der Waals surface area (Å²) in [5.74, 6) is -0.0812. The van der Waals surface area contributed by atoms with Crippen molar-refractivity contribution in [3.05, 3.63) is 11.6 Å². The molecule has 0 radical (unpaired) electrons. The Morgan fingerprint density at radius 3 is 3.09 bits per heavy atom. The van der Waals surface area contributed by atoms with E-state index in [1.807, 2.05) is 6.92 Å². The van der Waals surface area contributed by atoms with E-state index in [-0.39, 0.29) is 5.91 Å². The van der Waals surface area contributed by atoms with Crippen LogP contribution in [-0.4, -0.2) is 23.9 Å². The minimum Gasteiger partial charge on any atom is -0.338 e. The Morgan fingerprint density at radius 1 is 1.55 bits per heavy atom. The molecule has 2 heterocycles. The maximum absolute atomic E-state index is 10.9. The number of hydrogen-bond donors (Lipinski definition) is 1. The average Bonchev–Trinajstić information content (AvgIpc) is 2.22. The second-order valence-corrected chi connectivity index (χ2v) is 2.78. The van der Waals surface area contributed by atoms with Crippen LogP contribution in [0.25, 0.3) is 0 Å². The topological polar surface area (TPSA) is 53.8 Å². The number of fused-ring (bicyclic) bond motifs is 1. The number of carbonyl (C=O) groups is 1. The number of amides is 1. The third-order valence-electron chi connectivity index (χ3n) is 1.85. The first kappa shape index (κ1) is 6.27. The normalized spacial score (nSPS) is 33.2. The van der Waals surface area contributed by atoms with Gasteiger partial charge in [-0.2, -0.15) is 10.2 Å². The fourth-order valence-corrected chi connectivity index (χ4v) is 1.18. The predicted molar refractivity (Wildman–Crippen MR) is 41.6 cm³/mol. The highest BCUT2D eigenvalue weighted by Gasteiger charge is 2.34. The molecular weight excluding hydrogens is 142 g/mol. The van der Waals surface area contributed by atoms with Crippen molar-refractivity contribution in [1.29, 1.82) is 0 Å². The van der Waals surface area contributed by atoms with Crippen LogP contribution in [0.4, 0.5) is 0 Å². The molecule has 0 saturated heterocycles. The molecule has 0 aromatic carbocycles. The van der Waals surface area contributed by atoms with Gasteiger partial charge in [0, 0.05) is 11.6 Å². The smallest absolute Gasteiger partial charge is 0.245 e. The van der Waals surface area contributed by atoms with Gasteiger partial charge in [-0.1, -0.05) is 0 Å². The summed E-state index contributed by atoms with van der Waals surface area (Å²) in [5, 5.41) is 10.2. The van der Waals surface area contributed by atoms with Gasteiger partial charge in [-0.05, 0) is 6.92 Å². The lowest BCUT2D eigenvalue weighted by molar-refractivity contribution is -0.116. The van der Waals surface area contributed by atoms with Crippen LogP contribution in [0.1, 0.15) is 6.92 Å². The van der Waals surface area contributed by atoms with Gasteiger partial charge in [-0.3, -0.25) is 4.79 Å². The summed E-state index contributed by atoms with van der Waals surface area (Å²) >= 11 is 0. The van der Waals surface area contributed by atoms with Crippen LogP contribution in [0.15, 0.2) is 21.9 Å². The van der Waals surface area contributed by atoms with E-state index < -0.39 is 5.54 Å². The van der Waals surface area contributed by atoms with Gasteiger partial charge in [-0.15, -0.1) is 0 Å². The molecule has 2 rings (SSSR count). The molecule has 0 spiro atoms. The Morgan fingerprint density at radius 2 is 2.36 bits per heavy atom. The molecule has 56 valence electrons. The average molecular weight is 149 g/mol. The van der Waals surface area contributed by atoms with Crippen molar-refractivity contribution in [3.8, 4) is 0 Å². The molecular formula is C7H7N3O. The Labute approximate surface area is 63.7 Å². The Kier molecular flexibility index (Phi) is 1.01. The Hall–Kier alpha value is -1.45. The highest BCUT2D eigenvalue weighted by atomic mass is 16.1. The molecule has 1 N–H and O–H groups in total. The van der Waals surface area contributed by atoms with Gasteiger partial charge in [0.25, 0.3) is 0 Å². The molecule has 0 bridgehead atoms. The van der Waals surface area contributed by atoms with E-state index in [2.05, 4.69) is 15.5 Å². The van der Waals surface area contributed by atoms with E-state index in [9.17, 15) is 4.79 Å². The van der Waals surface area contributed by atoms with E-state index in [4.69, 9.17) is 0 Å². The zero-order valence-corrected chi connectivity index (χ0v) is 6.03. The summed E-state index contributed by atoms with van der Waals surface area (Å²) in [5.41, 5.74) is 0.455. The largest absolute Gasteiger partial charge is 0.338 e. The molecule has 0 aromatic rings.